The first-order chi connectivity index (χ1) is 12.6. The maximum Gasteiger partial charge on any atom is 0.183 e. The number of benzene rings is 2. The van der Waals surface area contributed by atoms with Crippen molar-refractivity contribution in [1.29, 1.82) is 0 Å². The molecule has 0 aliphatic heterocycles. The fourth-order valence-corrected chi connectivity index (χ4v) is 2.67. The molecule has 1 heterocycles. The number of rotatable bonds is 7. The Hall–Kier alpha value is -2.79. The third-order valence-corrected chi connectivity index (χ3v) is 4.12. The SMILES string of the molecule is Cc1ccc(-c2nnc(-c3ccccc3)nc2NCCCN(C)C)cc1. The highest BCUT2D eigenvalue weighted by Gasteiger charge is 2.12. The number of aromatic nitrogens is 3. The lowest BCUT2D eigenvalue weighted by atomic mass is 10.1. The van der Waals surface area contributed by atoms with Crippen LogP contribution in [0.4, 0.5) is 5.82 Å². The Bertz CT molecular complexity index is 829. The van der Waals surface area contributed by atoms with E-state index in [-0.39, 0.29) is 0 Å². The van der Waals surface area contributed by atoms with Crippen LogP contribution >= 0.6 is 0 Å². The summed E-state index contributed by atoms with van der Waals surface area (Å²) in [6.45, 7) is 3.94. The van der Waals surface area contributed by atoms with Crippen LogP contribution in [0.2, 0.25) is 0 Å². The van der Waals surface area contributed by atoms with Gasteiger partial charge in [0.1, 0.15) is 5.69 Å². The van der Waals surface area contributed by atoms with Crippen molar-refractivity contribution in [3.8, 4) is 22.6 Å². The summed E-state index contributed by atoms with van der Waals surface area (Å²) in [4.78, 5) is 6.94. The van der Waals surface area contributed by atoms with Gasteiger partial charge in [-0.05, 0) is 34.0 Å². The van der Waals surface area contributed by atoms with E-state index in [4.69, 9.17) is 4.98 Å². The molecule has 26 heavy (non-hydrogen) atoms. The van der Waals surface area contributed by atoms with Crippen molar-refractivity contribution in [3.63, 3.8) is 0 Å². The maximum absolute atomic E-state index is 4.76. The number of hydrogen-bond acceptors (Lipinski definition) is 5. The summed E-state index contributed by atoms with van der Waals surface area (Å²) in [5.74, 6) is 1.41. The van der Waals surface area contributed by atoms with Gasteiger partial charge in [-0.25, -0.2) is 4.98 Å². The topological polar surface area (TPSA) is 53.9 Å². The predicted molar refractivity (Wildman–Crippen MR) is 107 cm³/mol. The fraction of sp³-hybridized carbons (Fsp3) is 0.286. The van der Waals surface area contributed by atoms with Gasteiger partial charge in [-0.3, -0.25) is 0 Å². The molecule has 0 atom stereocenters. The third-order valence-electron chi connectivity index (χ3n) is 4.12. The Morgan fingerprint density at radius 2 is 1.62 bits per heavy atom. The molecule has 0 aliphatic carbocycles. The summed E-state index contributed by atoms with van der Waals surface area (Å²) in [5.41, 5.74) is 3.99. The molecule has 0 fully saturated rings. The van der Waals surface area contributed by atoms with Crippen LogP contribution in [0, 0.1) is 6.92 Å². The molecule has 3 rings (SSSR count). The van der Waals surface area contributed by atoms with E-state index >= 15 is 0 Å². The molecule has 0 bridgehead atoms. The van der Waals surface area contributed by atoms with Gasteiger partial charge in [-0.2, -0.15) is 0 Å². The largest absolute Gasteiger partial charge is 0.368 e. The monoisotopic (exact) mass is 347 g/mol. The first-order valence-electron chi connectivity index (χ1n) is 8.89. The molecule has 0 amide bonds. The van der Waals surface area contributed by atoms with Gasteiger partial charge in [0, 0.05) is 17.7 Å². The van der Waals surface area contributed by atoms with Gasteiger partial charge < -0.3 is 10.2 Å². The molecule has 0 radical (unpaired) electrons. The van der Waals surface area contributed by atoms with E-state index in [1.807, 2.05) is 30.3 Å². The van der Waals surface area contributed by atoms with Crippen LogP contribution in [0.1, 0.15) is 12.0 Å². The lowest BCUT2D eigenvalue weighted by Crippen LogP contribution is -2.17. The zero-order valence-corrected chi connectivity index (χ0v) is 15.6. The molecule has 5 nitrogen and oxygen atoms in total. The number of hydrogen-bond donors (Lipinski definition) is 1. The van der Waals surface area contributed by atoms with Crippen molar-refractivity contribution in [2.24, 2.45) is 0 Å². The van der Waals surface area contributed by atoms with E-state index in [0.717, 1.165) is 42.1 Å². The average molecular weight is 347 g/mol. The van der Waals surface area contributed by atoms with Crippen LogP contribution in [0.5, 0.6) is 0 Å². The summed E-state index contributed by atoms with van der Waals surface area (Å²) in [6.07, 6.45) is 1.03. The highest BCUT2D eigenvalue weighted by Crippen LogP contribution is 2.26. The van der Waals surface area contributed by atoms with Crippen LogP contribution < -0.4 is 5.32 Å². The van der Waals surface area contributed by atoms with E-state index in [1.165, 1.54) is 5.56 Å². The number of nitrogens with zero attached hydrogens (tertiary/aromatic N) is 4. The zero-order valence-electron chi connectivity index (χ0n) is 15.6. The Morgan fingerprint density at radius 1 is 0.885 bits per heavy atom. The molecule has 0 unspecified atom stereocenters. The summed E-state index contributed by atoms with van der Waals surface area (Å²) < 4.78 is 0. The Kier molecular flexibility index (Phi) is 5.92. The van der Waals surface area contributed by atoms with Gasteiger partial charge in [0.15, 0.2) is 11.6 Å². The van der Waals surface area contributed by atoms with Crippen molar-refractivity contribution >= 4 is 5.82 Å². The minimum atomic E-state index is 0.636. The van der Waals surface area contributed by atoms with Crippen molar-refractivity contribution in [2.45, 2.75) is 13.3 Å². The van der Waals surface area contributed by atoms with Gasteiger partial charge in [0.25, 0.3) is 0 Å². The second-order valence-electron chi connectivity index (χ2n) is 6.65. The molecule has 2 aromatic carbocycles. The standard InChI is InChI=1S/C21H25N5/c1-16-10-12-17(13-11-16)19-21(22-14-7-15-26(2)3)23-20(25-24-19)18-8-5-4-6-9-18/h4-6,8-13H,7,14-15H2,1-3H3,(H,22,23,25). The first-order valence-corrected chi connectivity index (χ1v) is 8.89. The Balaban J connectivity index is 1.90. The van der Waals surface area contributed by atoms with Gasteiger partial charge in [0.2, 0.25) is 0 Å². The van der Waals surface area contributed by atoms with Gasteiger partial charge in [-0.15, -0.1) is 10.2 Å². The second kappa shape index (κ2) is 8.54. The van der Waals surface area contributed by atoms with Crippen molar-refractivity contribution < 1.29 is 0 Å². The van der Waals surface area contributed by atoms with Crippen molar-refractivity contribution in [3.05, 3.63) is 60.2 Å². The lowest BCUT2D eigenvalue weighted by Gasteiger charge is -2.13. The van der Waals surface area contributed by atoms with E-state index < -0.39 is 0 Å². The van der Waals surface area contributed by atoms with E-state index in [1.54, 1.807) is 0 Å². The van der Waals surface area contributed by atoms with Crippen LogP contribution in [0.3, 0.4) is 0 Å². The Morgan fingerprint density at radius 3 is 2.31 bits per heavy atom. The normalized spacial score (nSPS) is 10.9. The average Bonchev–Trinajstić information content (AvgIpc) is 2.66. The smallest absolute Gasteiger partial charge is 0.183 e. The number of nitrogens with one attached hydrogen (secondary N) is 1. The Labute approximate surface area is 155 Å². The second-order valence-corrected chi connectivity index (χ2v) is 6.65. The highest BCUT2D eigenvalue weighted by atomic mass is 15.2. The van der Waals surface area contributed by atoms with E-state index in [2.05, 4.69) is 65.7 Å². The molecule has 0 saturated carbocycles. The number of aryl methyl sites for hydroxylation is 1. The van der Waals surface area contributed by atoms with Crippen molar-refractivity contribution in [1.82, 2.24) is 20.1 Å². The molecule has 0 aliphatic rings. The van der Waals surface area contributed by atoms with Crippen LogP contribution in [-0.2, 0) is 0 Å². The quantitative estimate of drug-likeness (QED) is 0.657. The molecule has 5 heteroatoms. The van der Waals surface area contributed by atoms with Crippen molar-refractivity contribution in [2.75, 3.05) is 32.5 Å². The van der Waals surface area contributed by atoms with E-state index in [0.29, 0.717) is 5.82 Å². The van der Waals surface area contributed by atoms with Gasteiger partial charge in [0.05, 0.1) is 0 Å². The summed E-state index contributed by atoms with van der Waals surface area (Å²) in [5, 5.41) is 12.3. The minimum absolute atomic E-state index is 0.636. The van der Waals surface area contributed by atoms with E-state index in [9.17, 15) is 0 Å². The molecule has 0 spiro atoms. The van der Waals surface area contributed by atoms with Gasteiger partial charge in [-0.1, -0.05) is 60.2 Å². The lowest BCUT2D eigenvalue weighted by molar-refractivity contribution is 0.405. The molecule has 3 aromatic rings. The van der Waals surface area contributed by atoms with Gasteiger partial charge >= 0.3 is 0 Å². The highest BCUT2D eigenvalue weighted by molar-refractivity contribution is 5.72. The zero-order chi connectivity index (χ0) is 18.4. The van der Waals surface area contributed by atoms with Crippen LogP contribution in [0.25, 0.3) is 22.6 Å². The minimum Gasteiger partial charge on any atom is -0.368 e. The first kappa shape index (κ1) is 18.0. The van der Waals surface area contributed by atoms with Crippen LogP contribution in [-0.4, -0.2) is 47.3 Å². The molecule has 134 valence electrons. The third kappa shape index (κ3) is 4.64. The molecular weight excluding hydrogens is 322 g/mol. The molecule has 1 N–H and O–H groups in total. The summed E-state index contributed by atoms with van der Waals surface area (Å²) in [7, 11) is 4.16. The molecule has 0 saturated heterocycles. The summed E-state index contributed by atoms with van der Waals surface area (Å²) >= 11 is 0. The molecular formula is C21H25N5. The fourth-order valence-electron chi connectivity index (χ4n) is 2.67. The predicted octanol–water partition coefficient (Wildman–Crippen LogP) is 3.88. The maximum atomic E-state index is 4.76. The van der Waals surface area contributed by atoms with Crippen LogP contribution in [0.15, 0.2) is 54.6 Å². The molecule has 1 aromatic heterocycles. The number of anilines is 1. The summed E-state index contributed by atoms with van der Waals surface area (Å²) in [6, 6.07) is 18.2.